The third-order valence-corrected chi connectivity index (χ3v) is 2.44. The van der Waals surface area contributed by atoms with Crippen molar-refractivity contribution >= 4 is 11.9 Å². The van der Waals surface area contributed by atoms with E-state index in [1.54, 1.807) is 12.1 Å². The summed E-state index contributed by atoms with van der Waals surface area (Å²) >= 11 is 0. The van der Waals surface area contributed by atoms with Crippen LogP contribution in [0, 0.1) is 5.92 Å². The molecule has 0 saturated carbocycles. The second-order valence-electron chi connectivity index (χ2n) is 4.87. The Bertz CT molecular complexity index is 443. The van der Waals surface area contributed by atoms with Crippen molar-refractivity contribution in [2.75, 3.05) is 13.2 Å². The first-order chi connectivity index (χ1) is 9.47. The number of nitrogens with two attached hydrogens (primary N) is 1. The molecule has 1 aromatic rings. The summed E-state index contributed by atoms with van der Waals surface area (Å²) in [7, 11) is 0. The lowest BCUT2D eigenvalue weighted by molar-refractivity contribution is -0.121. The molecule has 4 N–H and O–H groups in total. The maximum Gasteiger partial charge on any atom is 0.318 e. The summed E-state index contributed by atoms with van der Waals surface area (Å²) in [6, 6.07) is 6.53. The van der Waals surface area contributed by atoms with Crippen molar-refractivity contribution in [2.24, 2.45) is 11.7 Å². The minimum Gasteiger partial charge on any atom is -0.484 e. The van der Waals surface area contributed by atoms with Crippen LogP contribution in [0.15, 0.2) is 24.3 Å². The maximum atomic E-state index is 11.2. The molecule has 0 unspecified atom stereocenters. The summed E-state index contributed by atoms with van der Waals surface area (Å²) in [5, 5.41) is 5.26. The molecule has 0 aliphatic heterocycles. The van der Waals surface area contributed by atoms with E-state index in [0.717, 1.165) is 18.7 Å². The molecule has 0 spiro atoms. The first kappa shape index (κ1) is 16.0. The van der Waals surface area contributed by atoms with Crippen molar-refractivity contribution in [3.8, 4) is 5.75 Å². The number of ether oxygens (including phenoxy) is 1. The Morgan fingerprint density at radius 2 is 1.90 bits per heavy atom. The van der Waals surface area contributed by atoms with Gasteiger partial charge in [-0.25, -0.2) is 4.79 Å². The Kier molecular flexibility index (Phi) is 6.52. The standard InChI is InChI=1S/C14H21N3O3/c1-10(2)7-16-8-11-3-5-12(6-4-11)20-9-13(18)17-14(15)19/h3-6,10,16H,7-9H2,1-2H3,(H3,15,17,18,19). The monoisotopic (exact) mass is 279 g/mol. The Morgan fingerprint density at radius 1 is 1.25 bits per heavy atom. The van der Waals surface area contributed by atoms with Gasteiger partial charge in [-0.05, 0) is 30.2 Å². The number of rotatable bonds is 7. The lowest BCUT2D eigenvalue weighted by Crippen LogP contribution is -2.38. The van der Waals surface area contributed by atoms with Crippen LogP contribution in [0.4, 0.5) is 4.79 Å². The topological polar surface area (TPSA) is 93.4 Å². The van der Waals surface area contributed by atoms with E-state index in [0.29, 0.717) is 11.7 Å². The number of benzene rings is 1. The molecule has 6 heteroatoms. The molecule has 110 valence electrons. The molecule has 20 heavy (non-hydrogen) atoms. The molecular formula is C14H21N3O3. The van der Waals surface area contributed by atoms with Crippen LogP contribution in [0.3, 0.4) is 0 Å². The minimum absolute atomic E-state index is 0.242. The van der Waals surface area contributed by atoms with Crippen LogP contribution in [0.5, 0.6) is 5.75 Å². The first-order valence-corrected chi connectivity index (χ1v) is 6.49. The van der Waals surface area contributed by atoms with E-state index in [9.17, 15) is 9.59 Å². The smallest absolute Gasteiger partial charge is 0.318 e. The average molecular weight is 279 g/mol. The van der Waals surface area contributed by atoms with Crippen molar-refractivity contribution in [1.82, 2.24) is 10.6 Å². The molecule has 0 aromatic heterocycles. The molecule has 0 atom stereocenters. The van der Waals surface area contributed by atoms with Crippen LogP contribution in [-0.2, 0) is 11.3 Å². The quantitative estimate of drug-likeness (QED) is 0.694. The molecule has 0 fully saturated rings. The molecule has 0 aliphatic carbocycles. The first-order valence-electron chi connectivity index (χ1n) is 6.49. The third kappa shape index (κ3) is 6.75. The number of hydrogen-bond acceptors (Lipinski definition) is 4. The Balaban J connectivity index is 2.35. The van der Waals surface area contributed by atoms with Gasteiger partial charge in [0.15, 0.2) is 6.61 Å². The SMILES string of the molecule is CC(C)CNCc1ccc(OCC(=O)NC(N)=O)cc1. The Morgan fingerprint density at radius 3 is 2.45 bits per heavy atom. The highest BCUT2D eigenvalue weighted by molar-refractivity contribution is 5.94. The number of nitrogens with one attached hydrogen (secondary N) is 2. The van der Waals surface area contributed by atoms with E-state index >= 15 is 0 Å². The number of carbonyl (C=O) groups is 2. The summed E-state index contributed by atoms with van der Waals surface area (Å²) in [6.07, 6.45) is 0. The minimum atomic E-state index is -0.884. The van der Waals surface area contributed by atoms with Gasteiger partial charge >= 0.3 is 6.03 Å². The fraction of sp³-hybridized carbons (Fsp3) is 0.429. The number of carbonyl (C=O) groups excluding carboxylic acids is 2. The van der Waals surface area contributed by atoms with Crippen molar-refractivity contribution in [3.63, 3.8) is 0 Å². The average Bonchev–Trinajstić information content (AvgIpc) is 2.36. The van der Waals surface area contributed by atoms with Crippen LogP contribution < -0.4 is 21.1 Å². The highest BCUT2D eigenvalue weighted by Crippen LogP contribution is 2.12. The highest BCUT2D eigenvalue weighted by atomic mass is 16.5. The molecule has 3 amide bonds. The zero-order valence-electron chi connectivity index (χ0n) is 11.8. The van der Waals surface area contributed by atoms with E-state index in [2.05, 4.69) is 19.2 Å². The molecule has 0 bridgehead atoms. The molecule has 6 nitrogen and oxygen atoms in total. The normalized spacial score (nSPS) is 10.3. The van der Waals surface area contributed by atoms with Crippen molar-refractivity contribution < 1.29 is 14.3 Å². The molecule has 0 saturated heterocycles. The van der Waals surface area contributed by atoms with E-state index < -0.39 is 11.9 Å². The van der Waals surface area contributed by atoms with Gasteiger partial charge in [0.1, 0.15) is 5.75 Å². The number of urea groups is 1. The predicted octanol–water partition coefficient (Wildman–Crippen LogP) is 1.01. The Hall–Kier alpha value is -2.08. The van der Waals surface area contributed by atoms with Gasteiger partial charge in [-0.2, -0.15) is 0 Å². The fourth-order valence-electron chi connectivity index (χ4n) is 1.53. The van der Waals surface area contributed by atoms with E-state index in [4.69, 9.17) is 10.5 Å². The Labute approximate surface area is 118 Å². The van der Waals surface area contributed by atoms with Gasteiger partial charge in [0, 0.05) is 6.54 Å². The van der Waals surface area contributed by atoms with E-state index in [1.807, 2.05) is 17.4 Å². The molecule has 1 aromatic carbocycles. The second-order valence-corrected chi connectivity index (χ2v) is 4.87. The predicted molar refractivity (Wildman–Crippen MR) is 76.2 cm³/mol. The molecule has 0 heterocycles. The number of imide groups is 1. The van der Waals surface area contributed by atoms with Crippen molar-refractivity contribution in [3.05, 3.63) is 29.8 Å². The zero-order chi connectivity index (χ0) is 15.0. The van der Waals surface area contributed by atoms with Gasteiger partial charge in [0.05, 0.1) is 0 Å². The molecule has 0 radical (unpaired) electrons. The summed E-state index contributed by atoms with van der Waals surface area (Å²) in [5.41, 5.74) is 5.95. The summed E-state index contributed by atoms with van der Waals surface area (Å²) in [4.78, 5) is 21.6. The van der Waals surface area contributed by atoms with Gasteiger partial charge in [0.25, 0.3) is 5.91 Å². The van der Waals surface area contributed by atoms with Crippen molar-refractivity contribution in [2.45, 2.75) is 20.4 Å². The fourth-order valence-corrected chi connectivity index (χ4v) is 1.53. The van der Waals surface area contributed by atoms with Gasteiger partial charge in [0.2, 0.25) is 0 Å². The van der Waals surface area contributed by atoms with Gasteiger partial charge in [-0.1, -0.05) is 26.0 Å². The third-order valence-electron chi connectivity index (χ3n) is 2.44. The lowest BCUT2D eigenvalue weighted by Gasteiger charge is -2.09. The number of primary amides is 1. The summed E-state index contributed by atoms with van der Waals surface area (Å²) in [5.74, 6) is 0.610. The maximum absolute atomic E-state index is 11.2. The lowest BCUT2D eigenvalue weighted by atomic mass is 10.2. The molecule has 0 aliphatic rings. The van der Waals surface area contributed by atoms with Gasteiger partial charge in [-0.3, -0.25) is 10.1 Å². The van der Waals surface area contributed by atoms with Crippen LogP contribution in [0.25, 0.3) is 0 Å². The highest BCUT2D eigenvalue weighted by Gasteiger charge is 2.05. The number of amides is 3. The van der Waals surface area contributed by atoms with Crippen LogP contribution in [-0.4, -0.2) is 25.1 Å². The van der Waals surface area contributed by atoms with Crippen LogP contribution >= 0.6 is 0 Å². The molecule has 1 rings (SSSR count). The zero-order valence-corrected chi connectivity index (χ0v) is 11.8. The van der Waals surface area contributed by atoms with Crippen LogP contribution in [0.1, 0.15) is 19.4 Å². The van der Waals surface area contributed by atoms with E-state index in [-0.39, 0.29) is 6.61 Å². The largest absolute Gasteiger partial charge is 0.484 e. The van der Waals surface area contributed by atoms with E-state index in [1.165, 1.54) is 0 Å². The summed E-state index contributed by atoms with van der Waals surface area (Å²) < 4.78 is 5.23. The van der Waals surface area contributed by atoms with Crippen molar-refractivity contribution in [1.29, 1.82) is 0 Å². The van der Waals surface area contributed by atoms with Gasteiger partial charge in [-0.15, -0.1) is 0 Å². The number of hydrogen-bond donors (Lipinski definition) is 3. The van der Waals surface area contributed by atoms with Gasteiger partial charge < -0.3 is 15.8 Å². The molecular weight excluding hydrogens is 258 g/mol. The summed E-state index contributed by atoms with van der Waals surface area (Å²) in [6.45, 7) is 5.82. The second kappa shape index (κ2) is 8.16. The van der Waals surface area contributed by atoms with Crippen LogP contribution in [0.2, 0.25) is 0 Å².